The molecule has 0 saturated carbocycles. The zero-order valence-corrected chi connectivity index (χ0v) is 12.2. The summed E-state index contributed by atoms with van der Waals surface area (Å²) in [4.78, 5) is 2.40. The average Bonchev–Trinajstić information content (AvgIpc) is 2.22. The largest absolute Gasteiger partial charge is 0.375 e. The summed E-state index contributed by atoms with van der Waals surface area (Å²) in [5, 5.41) is 3.67. The second kappa shape index (κ2) is 7.34. The van der Waals surface area contributed by atoms with Crippen molar-refractivity contribution in [3.05, 3.63) is 0 Å². The van der Waals surface area contributed by atoms with E-state index in [2.05, 4.69) is 45.0 Å². The number of rotatable bonds is 6. The molecule has 0 aromatic carbocycles. The number of ether oxygens (including phenoxy) is 1. The third kappa shape index (κ3) is 5.84. The smallest absolute Gasteiger partial charge is 0.0565 e. The molecule has 0 aromatic heterocycles. The van der Waals surface area contributed by atoms with E-state index in [1.807, 2.05) is 0 Å². The van der Waals surface area contributed by atoms with Crippen LogP contribution in [0, 0.1) is 0 Å². The topological polar surface area (TPSA) is 24.5 Å². The summed E-state index contributed by atoms with van der Waals surface area (Å²) in [5.41, 5.74) is 0. The van der Waals surface area contributed by atoms with E-state index in [-0.39, 0.29) is 0 Å². The van der Waals surface area contributed by atoms with Crippen molar-refractivity contribution in [3.8, 4) is 0 Å². The highest BCUT2D eigenvalue weighted by molar-refractivity contribution is 4.78. The molecule has 0 aromatic rings. The molecule has 17 heavy (non-hydrogen) atoms. The van der Waals surface area contributed by atoms with Crippen LogP contribution in [0.15, 0.2) is 0 Å². The van der Waals surface area contributed by atoms with Crippen molar-refractivity contribution >= 4 is 0 Å². The van der Waals surface area contributed by atoms with Gasteiger partial charge in [-0.25, -0.2) is 0 Å². The minimum absolute atomic E-state index is 0.412. The van der Waals surface area contributed by atoms with Crippen LogP contribution < -0.4 is 5.32 Å². The molecule has 0 spiro atoms. The van der Waals surface area contributed by atoms with Gasteiger partial charge in [0.05, 0.1) is 12.2 Å². The second-order valence-electron chi connectivity index (χ2n) is 5.81. The maximum Gasteiger partial charge on any atom is 0.0565 e. The molecular weight excluding hydrogens is 212 g/mol. The van der Waals surface area contributed by atoms with Crippen LogP contribution in [0.25, 0.3) is 0 Å². The SMILES string of the molecule is CC1CC(NCCCN(C)C(C)C)CC(C)O1. The highest BCUT2D eigenvalue weighted by Crippen LogP contribution is 2.18. The van der Waals surface area contributed by atoms with Crippen molar-refractivity contribution < 1.29 is 4.74 Å². The maximum absolute atomic E-state index is 5.74. The van der Waals surface area contributed by atoms with E-state index in [1.54, 1.807) is 0 Å². The molecular formula is C14H30N2O. The van der Waals surface area contributed by atoms with Gasteiger partial charge in [-0.05, 0) is 67.1 Å². The Labute approximate surface area is 107 Å². The van der Waals surface area contributed by atoms with Gasteiger partial charge >= 0.3 is 0 Å². The first-order chi connectivity index (χ1) is 7.99. The van der Waals surface area contributed by atoms with Crippen LogP contribution in [0.4, 0.5) is 0 Å². The summed E-state index contributed by atoms with van der Waals surface area (Å²) in [5.74, 6) is 0. The van der Waals surface area contributed by atoms with Gasteiger partial charge in [0.15, 0.2) is 0 Å². The molecule has 1 heterocycles. The first-order valence-corrected chi connectivity index (χ1v) is 7.08. The molecule has 3 heteroatoms. The summed E-state index contributed by atoms with van der Waals surface area (Å²) < 4.78 is 5.74. The molecule has 0 radical (unpaired) electrons. The lowest BCUT2D eigenvalue weighted by atomic mass is 10.00. The fourth-order valence-corrected chi connectivity index (χ4v) is 2.46. The minimum Gasteiger partial charge on any atom is -0.375 e. The molecule has 2 unspecified atom stereocenters. The normalized spacial score (nSPS) is 30.2. The Bertz CT molecular complexity index is 198. The Kier molecular flexibility index (Phi) is 6.45. The number of hydrogen-bond donors (Lipinski definition) is 1. The van der Waals surface area contributed by atoms with E-state index in [4.69, 9.17) is 4.74 Å². The fraction of sp³-hybridized carbons (Fsp3) is 1.00. The molecule has 0 amide bonds. The Hall–Kier alpha value is -0.120. The zero-order valence-electron chi connectivity index (χ0n) is 12.2. The van der Waals surface area contributed by atoms with Gasteiger partial charge in [-0.2, -0.15) is 0 Å². The van der Waals surface area contributed by atoms with Crippen molar-refractivity contribution in [1.29, 1.82) is 0 Å². The summed E-state index contributed by atoms with van der Waals surface area (Å²) in [6.07, 6.45) is 4.37. The molecule has 1 aliphatic rings. The van der Waals surface area contributed by atoms with Crippen LogP contribution in [-0.2, 0) is 4.74 Å². The van der Waals surface area contributed by atoms with Crippen LogP contribution in [0.1, 0.15) is 47.0 Å². The van der Waals surface area contributed by atoms with Gasteiger partial charge in [-0.3, -0.25) is 0 Å². The number of hydrogen-bond acceptors (Lipinski definition) is 3. The van der Waals surface area contributed by atoms with E-state index in [0.717, 1.165) is 19.4 Å². The van der Waals surface area contributed by atoms with E-state index in [1.165, 1.54) is 13.0 Å². The molecule has 1 fully saturated rings. The van der Waals surface area contributed by atoms with E-state index in [0.29, 0.717) is 24.3 Å². The molecule has 1 N–H and O–H groups in total. The van der Waals surface area contributed by atoms with E-state index in [9.17, 15) is 0 Å². The summed E-state index contributed by atoms with van der Waals surface area (Å²) >= 11 is 0. The summed E-state index contributed by atoms with van der Waals surface area (Å²) in [6, 6.07) is 1.30. The van der Waals surface area contributed by atoms with Gasteiger partial charge < -0.3 is 15.0 Å². The molecule has 2 atom stereocenters. The van der Waals surface area contributed by atoms with Crippen LogP contribution in [0.3, 0.4) is 0 Å². The molecule has 3 nitrogen and oxygen atoms in total. The van der Waals surface area contributed by atoms with Gasteiger partial charge in [0.1, 0.15) is 0 Å². The van der Waals surface area contributed by atoms with Crippen molar-refractivity contribution in [3.63, 3.8) is 0 Å². The Balaban J connectivity index is 2.10. The van der Waals surface area contributed by atoms with Crippen molar-refractivity contribution in [2.75, 3.05) is 20.1 Å². The predicted octanol–water partition coefficient (Wildman–Crippen LogP) is 2.26. The minimum atomic E-state index is 0.412. The highest BCUT2D eigenvalue weighted by Gasteiger charge is 2.23. The third-order valence-electron chi connectivity index (χ3n) is 3.70. The van der Waals surface area contributed by atoms with E-state index < -0.39 is 0 Å². The lowest BCUT2D eigenvalue weighted by Gasteiger charge is -2.33. The summed E-state index contributed by atoms with van der Waals surface area (Å²) in [6.45, 7) is 11.2. The Morgan fingerprint density at radius 1 is 1.24 bits per heavy atom. The first-order valence-electron chi connectivity index (χ1n) is 7.08. The van der Waals surface area contributed by atoms with Crippen molar-refractivity contribution in [2.24, 2.45) is 0 Å². The van der Waals surface area contributed by atoms with Gasteiger partial charge in [0.2, 0.25) is 0 Å². The Morgan fingerprint density at radius 2 is 1.82 bits per heavy atom. The molecule has 1 saturated heterocycles. The Morgan fingerprint density at radius 3 is 2.35 bits per heavy atom. The molecule has 0 bridgehead atoms. The predicted molar refractivity (Wildman–Crippen MR) is 73.4 cm³/mol. The summed E-state index contributed by atoms with van der Waals surface area (Å²) in [7, 11) is 2.20. The third-order valence-corrected chi connectivity index (χ3v) is 3.70. The van der Waals surface area contributed by atoms with Crippen LogP contribution in [0.5, 0.6) is 0 Å². The average molecular weight is 242 g/mol. The van der Waals surface area contributed by atoms with Crippen LogP contribution in [-0.4, -0.2) is 49.3 Å². The molecule has 1 rings (SSSR count). The second-order valence-corrected chi connectivity index (χ2v) is 5.81. The lowest BCUT2D eigenvalue weighted by molar-refractivity contribution is -0.0420. The standard InChI is InChI=1S/C14H30N2O/c1-11(2)16(5)8-6-7-15-14-9-12(3)17-13(4)10-14/h11-15H,6-10H2,1-5H3. The number of nitrogens with one attached hydrogen (secondary N) is 1. The molecule has 0 aliphatic carbocycles. The van der Waals surface area contributed by atoms with Gasteiger partial charge in [-0.1, -0.05) is 0 Å². The monoisotopic (exact) mass is 242 g/mol. The number of nitrogens with zero attached hydrogens (tertiary/aromatic N) is 1. The fourth-order valence-electron chi connectivity index (χ4n) is 2.46. The maximum atomic E-state index is 5.74. The quantitative estimate of drug-likeness (QED) is 0.723. The van der Waals surface area contributed by atoms with Crippen molar-refractivity contribution in [2.45, 2.75) is 71.2 Å². The first kappa shape index (κ1) is 14.9. The van der Waals surface area contributed by atoms with Gasteiger partial charge in [-0.15, -0.1) is 0 Å². The molecule has 1 aliphatic heterocycles. The van der Waals surface area contributed by atoms with Gasteiger partial charge in [0.25, 0.3) is 0 Å². The van der Waals surface area contributed by atoms with Gasteiger partial charge in [0, 0.05) is 12.1 Å². The molecule has 102 valence electrons. The van der Waals surface area contributed by atoms with Crippen molar-refractivity contribution in [1.82, 2.24) is 10.2 Å². The van der Waals surface area contributed by atoms with Crippen LogP contribution in [0.2, 0.25) is 0 Å². The lowest BCUT2D eigenvalue weighted by Crippen LogP contribution is -2.42. The van der Waals surface area contributed by atoms with E-state index >= 15 is 0 Å². The van der Waals surface area contributed by atoms with Crippen LogP contribution >= 0.6 is 0 Å². The zero-order chi connectivity index (χ0) is 12.8. The highest BCUT2D eigenvalue weighted by atomic mass is 16.5.